The Bertz CT molecular complexity index is 2250. The van der Waals surface area contributed by atoms with Gasteiger partial charge in [0, 0.05) is 31.4 Å². The monoisotopic (exact) mass is 764 g/mol. The Hall–Kier alpha value is -5.46. The topological polar surface area (TPSA) is 131 Å². The number of carboxylic acid groups (broad SMARTS) is 1. The number of sulfonamides is 1. The van der Waals surface area contributed by atoms with Crippen molar-refractivity contribution in [3.8, 4) is 11.8 Å². The fourth-order valence-electron chi connectivity index (χ4n) is 6.53. The molecular weight excluding hydrogens is 729 g/mol. The number of aromatic carboxylic acids is 1. The molecule has 282 valence electrons. The first kappa shape index (κ1) is 38.3. The maximum absolute atomic E-state index is 15.1. The van der Waals surface area contributed by atoms with Crippen molar-refractivity contribution in [2.24, 2.45) is 0 Å². The van der Waals surface area contributed by atoms with E-state index in [4.69, 9.17) is 4.74 Å². The Morgan fingerprint density at radius 2 is 1.67 bits per heavy atom. The molecule has 1 amide bonds. The molecular formula is C39H36F4N4O6S. The van der Waals surface area contributed by atoms with Gasteiger partial charge in [-0.2, -0.15) is 9.57 Å². The van der Waals surface area contributed by atoms with E-state index < -0.39 is 63.2 Å². The van der Waals surface area contributed by atoms with Crippen LogP contribution in [0.15, 0.2) is 71.6 Å². The maximum Gasteiger partial charge on any atom is 0.335 e. The van der Waals surface area contributed by atoms with Crippen LogP contribution in [-0.2, 0) is 27.9 Å². The minimum Gasteiger partial charge on any atom is -0.492 e. The average molecular weight is 765 g/mol. The van der Waals surface area contributed by atoms with Crippen LogP contribution in [0.2, 0.25) is 0 Å². The Morgan fingerprint density at radius 3 is 2.33 bits per heavy atom. The lowest BCUT2D eigenvalue weighted by atomic mass is 10.0. The second-order valence-electron chi connectivity index (χ2n) is 13.1. The average Bonchev–Trinajstić information content (AvgIpc) is 3.87. The van der Waals surface area contributed by atoms with Crippen LogP contribution in [0.3, 0.4) is 0 Å². The van der Waals surface area contributed by atoms with Crippen molar-refractivity contribution in [3.05, 3.63) is 118 Å². The van der Waals surface area contributed by atoms with E-state index in [1.54, 1.807) is 6.92 Å². The zero-order valence-corrected chi connectivity index (χ0v) is 30.0. The summed E-state index contributed by atoms with van der Waals surface area (Å²) in [6.45, 7) is 1.48. The molecule has 0 aromatic heterocycles. The summed E-state index contributed by atoms with van der Waals surface area (Å²) in [6, 6.07) is 17.6. The van der Waals surface area contributed by atoms with Crippen molar-refractivity contribution in [2.75, 3.05) is 36.0 Å². The molecule has 4 aromatic carbocycles. The summed E-state index contributed by atoms with van der Waals surface area (Å²) in [5.41, 5.74) is 2.74. The number of halogens is 4. The quantitative estimate of drug-likeness (QED) is 0.0817. The van der Waals surface area contributed by atoms with Gasteiger partial charge in [-0.25, -0.2) is 30.8 Å². The molecule has 0 spiro atoms. The third-order valence-electron chi connectivity index (χ3n) is 9.44. The largest absolute Gasteiger partial charge is 0.492 e. The number of carboxylic acids is 1. The smallest absolute Gasteiger partial charge is 0.335 e. The predicted octanol–water partition coefficient (Wildman–Crippen LogP) is 7.11. The predicted molar refractivity (Wildman–Crippen MR) is 191 cm³/mol. The van der Waals surface area contributed by atoms with Gasteiger partial charge in [-0.15, -0.1) is 0 Å². The van der Waals surface area contributed by atoms with Crippen LogP contribution in [0.4, 0.5) is 28.9 Å². The Labute approximate surface area is 309 Å². The lowest BCUT2D eigenvalue weighted by Gasteiger charge is -2.30. The first-order valence-electron chi connectivity index (χ1n) is 17.3. The van der Waals surface area contributed by atoms with Crippen molar-refractivity contribution in [1.82, 2.24) is 4.31 Å². The van der Waals surface area contributed by atoms with Crippen LogP contribution in [0.1, 0.15) is 71.1 Å². The van der Waals surface area contributed by atoms with E-state index in [1.807, 2.05) is 18.2 Å². The number of amides is 1. The van der Waals surface area contributed by atoms with Crippen molar-refractivity contribution >= 4 is 33.3 Å². The number of carbonyl (C=O) groups is 2. The summed E-state index contributed by atoms with van der Waals surface area (Å²) in [6.07, 6.45) is 4.02. The molecule has 10 nitrogen and oxygen atoms in total. The number of nitrogens with zero attached hydrogens (tertiary/aromatic N) is 4. The van der Waals surface area contributed by atoms with E-state index in [-0.39, 0.29) is 47.3 Å². The van der Waals surface area contributed by atoms with Gasteiger partial charge in [0.2, 0.25) is 15.9 Å². The normalized spacial score (nSPS) is 14.3. The molecule has 6 rings (SSSR count). The van der Waals surface area contributed by atoms with Crippen molar-refractivity contribution in [2.45, 2.75) is 56.5 Å². The van der Waals surface area contributed by atoms with E-state index in [0.717, 1.165) is 50.0 Å². The Kier molecular flexibility index (Phi) is 11.3. The van der Waals surface area contributed by atoms with Crippen LogP contribution < -0.4 is 14.5 Å². The third kappa shape index (κ3) is 8.04. The summed E-state index contributed by atoms with van der Waals surface area (Å²) < 4.78 is 92.4. The molecule has 2 fully saturated rings. The lowest BCUT2D eigenvalue weighted by molar-refractivity contribution is -0.119. The molecule has 4 aromatic rings. The highest BCUT2D eigenvalue weighted by Crippen LogP contribution is 2.42. The van der Waals surface area contributed by atoms with Crippen LogP contribution in [0, 0.1) is 34.6 Å². The number of carbonyl (C=O) groups excluding carboxylic acids is 1. The molecule has 1 heterocycles. The van der Waals surface area contributed by atoms with Crippen LogP contribution >= 0.6 is 0 Å². The van der Waals surface area contributed by atoms with Gasteiger partial charge in [-0.3, -0.25) is 4.79 Å². The van der Waals surface area contributed by atoms with Gasteiger partial charge < -0.3 is 19.6 Å². The maximum atomic E-state index is 15.1. The first-order valence-corrected chi connectivity index (χ1v) is 18.8. The molecule has 0 atom stereocenters. The highest BCUT2D eigenvalue weighted by atomic mass is 32.2. The molecule has 0 bridgehead atoms. The van der Waals surface area contributed by atoms with Crippen LogP contribution in [0.25, 0.3) is 0 Å². The minimum atomic E-state index is -5.33. The molecule has 2 aliphatic rings. The van der Waals surface area contributed by atoms with Crippen LogP contribution in [-0.4, -0.2) is 55.9 Å². The summed E-state index contributed by atoms with van der Waals surface area (Å²) in [7, 11) is -5.33. The van der Waals surface area contributed by atoms with E-state index in [1.165, 1.54) is 47.4 Å². The third-order valence-corrected chi connectivity index (χ3v) is 11.2. The number of hydrogen-bond acceptors (Lipinski definition) is 7. The lowest BCUT2D eigenvalue weighted by Crippen LogP contribution is -2.43. The molecule has 54 heavy (non-hydrogen) atoms. The van der Waals surface area contributed by atoms with Gasteiger partial charge in [-0.05, 0) is 91.6 Å². The van der Waals surface area contributed by atoms with Crippen molar-refractivity contribution < 1.29 is 45.4 Å². The first-order chi connectivity index (χ1) is 25.8. The van der Waals surface area contributed by atoms with Crippen molar-refractivity contribution in [1.29, 1.82) is 5.26 Å². The molecule has 1 aliphatic carbocycles. The van der Waals surface area contributed by atoms with E-state index >= 15 is 4.39 Å². The fourth-order valence-corrected chi connectivity index (χ4v) is 7.97. The van der Waals surface area contributed by atoms with Gasteiger partial charge in [-0.1, -0.05) is 24.3 Å². The van der Waals surface area contributed by atoms with E-state index in [2.05, 4.69) is 11.0 Å². The number of ether oxygens (including phenoxy) is 1. The molecule has 15 heteroatoms. The van der Waals surface area contributed by atoms with E-state index in [0.29, 0.717) is 15.8 Å². The van der Waals surface area contributed by atoms with Gasteiger partial charge >= 0.3 is 5.97 Å². The second kappa shape index (κ2) is 15.9. The zero-order valence-electron chi connectivity index (χ0n) is 29.2. The molecule has 1 saturated carbocycles. The van der Waals surface area contributed by atoms with E-state index in [9.17, 15) is 41.5 Å². The number of nitriles is 1. The summed E-state index contributed by atoms with van der Waals surface area (Å²) in [5, 5.41) is 19.4. The molecule has 1 saturated heterocycles. The van der Waals surface area contributed by atoms with Gasteiger partial charge in [0.25, 0.3) is 0 Å². The van der Waals surface area contributed by atoms with Gasteiger partial charge in [0.1, 0.15) is 10.6 Å². The highest BCUT2D eigenvalue weighted by molar-refractivity contribution is 7.89. The molecule has 1 N–H and O–H groups in total. The second-order valence-corrected chi connectivity index (χ2v) is 15.0. The minimum absolute atomic E-state index is 0.00168. The van der Waals surface area contributed by atoms with Gasteiger partial charge in [0.05, 0.1) is 42.6 Å². The summed E-state index contributed by atoms with van der Waals surface area (Å²) in [4.78, 5) is 28.5. The SMILES string of the molecule is CCOc1cc(C(=O)O)ccc1N(Cc1cc(C2CC2)cc(N2CCCC2)c1)C(=O)CN(Cc1ccccc1C#N)S(=O)(=O)c1cc(F)c(F)c(F)c1F. The number of anilines is 2. The zero-order chi connectivity index (χ0) is 38.7. The van der Waals surface area contributed by atoms with Gasteiger partial charge in [0.15, 0.2) is 23.3 Å². The number of rotatable bonds is 14. The molecule has 1 aliphatic heterocycles. The number of benzene rings is 4. The van der Waals surface area contributed by atoms with Crippen LogP contribution in [0.5, 0.6) is 5.75 Å². The molecule has 0 radical (unpaired) electrons. The Morgan fingerprint density at radius 1 is 0.944 bits per heavy atom. The van der Waals surface area contributed by atoms with Crippen molar-refractivity contribution in [3.63, 3.8) is 0 Å². The summed E-state index contributed by atoms with van der Waals surface area (Å²) in [5.74, 6) is -10.6. The Balaban J connectivity index is 1.48. The number of hydrogen-bond donors (Lipinski definition) is 1. The fraction of sp³-hybridized carbons (Fsp3) is 0.308. The standard InChI is InChI=1S/C39H36F4N4O6S/c1-2-53-33-18-26(39(49)50)11-12-32(33)47(21-24-15-29(25-9-10-25)17-30(16-24)45-13-5-6-14-45)35(48)23-46(22-28-8-4-3-7-27(28)20-44)54(51,52)34-19-31(40)36(41)38(43)37(34)42/h3-4,7-8,11-12,15-19,25H,2,5-6,9-10,13-14,21-23H2,1H3,(H,49,50). The molecule has 0 unspecified atom stereocenters. The highest BCUT2D eigenvalue weighted by Gasteiger charge is 2.36. The summed E-state index contributed by atoms with van der Waals surface area (Å²) >= 11 is 0.